The van der Waals surface area contributed by atoms with Gasteiger partial charge in [0.1, 0.15) is 16.7 Å². The SMILES string of the molecule is O=C(CC(c1ccc([N+](=O)[O-])o1)N1C(=O)C2C3C=CC(C3)C2C1=O)Nc1ccc(Cl)cc1Cl. The van der Waals surface area contributed by atoms with Crippen molar-refractivity contribution in [3.63, 3.8) is 0 Å². The van der Waals surface area contributed by atoms with Crippen LogP contribution in [-0.2, 0) is 14.4 Å². The fraction of sp³-hybridized carbons (Fsp3) is 0.318. The van der Waals surface area contributed by atoms with Gasteiger partial charge in [-0.1, -0.05) is 35.4 Å². The molecule has 1 saturated carbocycles. The standard InChI is InChI=1S/C22H17Cl2N3O6/c23-12-3-4-14(13(24)8-12)25-17(28)9-15(16-5-6-18(33-16)27(31)32)26-21(29)19-10-1-2-11(7-10)20(19)22(26)30/h1-6,8,10-11,15,19-20H,7,9H2,(H,25,28). The number of anilines is 1. The number of carbonyl (C=O) groups excluding carboxylic acids is 3. The number of allylic oxidation sites excluding steroid dienone is 2. The van der Waals surface area contributed by atoms with Gasteiger partial charge in [-0.15, -0.1) is 0 Å². The average Bonchev–Trinajstić information content (AvgIpc) is 3.53. The molecule has 170 valence electrons. The molecule has 1 aliphatic heterocycles. The Morgan fingerprint density at radius 2 is 1.82 bits per heavy atom. The molecule has 2 aliphatic carbocycles. The van der Waals surface area contributed by atoms with E-state index in [0.29, 0.717) is 10.7 Å². The molecule has 5 atom stereocenters. The molecule has 2 fully saturated rings. The highest BCUT2D eigenvalue weighted by Gasteiger charge is 2.61. The third kappa shape index (κ3) is 3.61. The molecule has 9 nitrogen and oxygen atoms in total. The van der Waals surface area contributed by atoms with Crippen LogP contribution in [0.5, 0.6) is 0 Å². The van der Waals surface area contributed by atoms with Gasteiger partial charge < -0.3 is 9.73 Å². The van der Waals surface area contributed by atoms with E-state index in [2.05, 4.69) is 5.32 Å². The first-order valence-corrected chi connectivity index (χ1v) is 11.0. The van der Waals surface area contributed by atoms with Gasteiger partial charge in [0, 0.05) is 5.02 Å². The van der Waals surface area contributed by atoms with Crippen LogP contribution in [0.3, 0.4) is 0 Å². The first-order valence-electron chi connectivity index (χ1n) is 10.3. The number of nitrogens with zero attached hydrogens (tertiary/aromatic N) is 2. The Kier molecular flexibility index (Phi) is 5.25. The van der Waals surface area contributed by atoms with Crippen LogP contribution >= 0.6 is 23.2 Å². The number of furan rings is 1. The van der Waals surface area contributed by atoms with E-state index in [9.17, 15) is 24.5 Å². The molecular formula is C22H17Cl2N3O6. The molecule has 1 aromatic heterocycles. The van der Waals surface area contributed by atoms with E-state index >= 15 is 0 Å². The topological polar surface area (TPSA) is 123 Å². The summed E-state index contributed by atoms with van der Waals surface area (Å²) in [6, 6.07) is 5.85. The normalized spacial score (nSPS) is 26.1. The Morgan fingerprint density at radius 1 is 1.15 bits per heavy atom. The molecule has 5 rings (SSSR count). The molecule has 2 heterocycles. The van der Waals surface area contributed by atoms with Crippen molar-refractivity contribution in [2.75, 3.05) is 5.32 Å². The predicted octanol–water partition coefficient (Wildman–Crippen LogP) is 4.37. The lowest BCUT2D eigenvalue weighted by atomic mass is 9.85. The van der Waals surface area contributed by atoms with E-state index in [1.807, 2.05) is 12.2 Å². The second-order valence-corrected chi connectivity index (χ2v) is 9.22. The van der Waals surface area contributed by atoms with Gasteiger partial charge in [0.15, 0.2) is 0 Å². The van der Waals surface area contributed by atoms with Crippen LogP contribution in [0.4, 0.5) is 11.6 Å². The zero-order valence-electron chi connectivity index (χ0n) is 16.9. The number of nitrogens with one attached hydrogen (secondary N) is 1. The zero-order valence-corrected chi connectivity index (χ0v) is 18.5. The highest BCUT2D eigenvalue weighted by molar-refractivity contribution is 6.36. The van der Waals surface area contributed by atoms with Crippen LogP contribution in [0.25, 0.3) is 0 Å². The quantitative estimate of drug-likeness (QED) is 0.278. The Labute approximate surface area is 197 Å². The van der Waals surface area contributed by atoms with Crippen LogP contribution in [0.2, 0.25) is 10.0 Å². The van der Waals surface area contributed by atoms with Crippen LogP contribution in [0.1, 0.15) is 24.6 Å². The maximum absolute atomic E-state index is 13.3. The van der Waals surface area contributed by atoms with Crippen molar-refractivity contribution in [3.8, 4) is 0 Å². The summed E-state index contributed by atoms with van der Waals surface area (Å²) in [7, 11) is 0. The van der Waals surface area contributed by atoms with Crippen molar-refractivity contribution in [1.29, 1.82) is 0 Å². The Balaban J connectivity index is 1.45. The number of nitro groups is 1. The predicted molar refractivity (Wildman–Crippen MR) is 117 cm³/mol. The monoisotopic (exact) mass is 489 g/mol. The first kappa shape index (κ1) is 21.7. The minimum atomic E-state index is -1.13. The summed E-state index contributed by atoms with van der Waals surface area (Å²) >= 11 is 12.0. The number of halogens is 2. The van der Waals surface area contributed by atoms with E-state index in [0.717, 1.165) is 17.4 Å². The van der Waals surface area contributed by atoms with Crippen LogP contribution < -0.4 is 5.32 Å². The van der Waals surface area contributed by atoms with Crippen LogP contribution in [0.15, 0.2) is 46.9 Å². The van der Waals surface area contributed by atoms with E-state index in [1.54, 1.807) is 6.07 Å². The van der Waals surface area contributed by atoms with Crippen LogP contribution in [0, 0.1) is 33.8 Å². The molecule has 5 unspecified atom stereocenters. The van der Waals surface area contributed by atoms with Crippen molar-refractivity contribution in [3.05, 3.63) is 68.4 Å². The molecular weight excluding hydrogens is 473 g/mol. The summed E-state index contributed by atoms with van der Waals surface area (Å²) in [6.07, 6.45) is 4.32. The molecule has 1 saturated heterocycles. The highest BCUT2D eigenvalue weighted by Crippen LogP contribution is 2.54. The molecule has 3 amide bonds. The maximum Gasteiger partial charge on any atom is 0.433 e. The summed E-state index contributed by atoms with van der Waals surface area (Å²) in [5.74, 6) is -2.88. The molecule has 2 bridgehead atoms. The van der Waals surface area contributed by atoms with Gasteiger partial charge in [-0.05, 0) is 42.5 Å². The molecule has 0 radical (unpaired) electrons. The van der Waals surface area contributed by atoms with Gasteiger partial charge in [0.25, 0.3) is 0 Å². The Bertz CT molecular complexity index is 1190. The number of carbonyl (C=O) groups is 3. The van der Waals surface area contributed by atoms with Crippen molar-refractivity contribution in [2.45, 2.75) is 18.9 Å². The first-order chi connectivity index (χ1) is 15.7. The summed E-state index contributed by atoms with van der Waals surface area (Å²) in [6.45, 7) is 0. The highest BCUT2D eigenvalue weighted by atomic mass is 35.5. The van der Waals surface area contributed by atoms with Gasteiger partial charge in [0.2, 0.25) is 17.7 Å². The van der Waals surface area contributed by atoms with Crippen molar-refractivity contribution >= 4 is 52.5 Å². The number of likely N-dealkylation sites (tertiary alicyclic amines) is 1. The number of rotatable bonds is 6. The number of hydrogen-bond acceptors (Lipinski definition) is 6. The van der Waals surface area contributed by atoms with Gasteiger partial charge >= 0.3 is 5.88 Å². The molecule has 2 aromatic rings. The number of amides is 3. The van der Waals surface area contributed by atoms with Crippen molar-refractivity contribution in [2.24, 2.45) is 23.7 Å². The molecule has 0 spiro atoms. The van der Waals surface area contributed by atoms with E-state index in [-0.39, 0.29) is 40.9 Å². The largest absolute Gasteiger partial charge is 0.433 e. The van der Waals surface area contributed by atoms with Crippen molar-refractivity contribution < 1.29 is 23.7 Å². The minimum absolute atomic E-state index is 0.0129. The Hall–Kier alpha value is -3.17. The van der Waals surface area contributed by atoms with Gasteiger partial charge in [0.05, 0.1) is 35.0 Å². The summed E-state index contributed by atoms with van der Waals surface area (Å²) in [5, 5.41) is 14.4. The fourth-order valence-electron chi connectivity index (χ4n) is 5.14. The van der Waals surface area contributed by atoms with Gasteiger partial charge in [-0.2, -0.15) is 0 Å². The molecule has 1 aromatic carbocycles. The van der Waals surface area contributed by atoms with E-state index < -0.39 is 34.6 Å². The van der Waals surface area contributed by atoms with Gasteiger partial charge in [-0.25, -0.2) is 0 Å². The molecule has 11 heteroatoms. The molecule has 33 heavy (non-hydrogen) atoms. The van der Waals surface area contributed by atoms with Gasteiger partial charge in [-0.3, -0.25) is 29.4 Å². The lowest BCUT2D eigenvalue weighted by Crippen LogP contribution is -2.38. The third-order valence-electron chi connectivity index (χ3n) is 6.52. The fourth-order valence-corrected chi connectivity index (χ4v) is 5.59. The third-order valence-corrected chi connectivity index (χ3v) is 7.07. The summed E-state index contributed by atoms with van der Waals surface area (Å²) < 4.78 is 5.31. The van der Waals surface area contributed by atoms with E-state index in [4.69, 9.17) is 27.6 Å². The maximum atomic E-state index is 13.3. The summed E-state index contributed by atoms with van der Waals surface area (Å²) in [5.41, 5.74) is 0.299. The number of benzene rings is 1. The zero-order chi connectivity index (χ0) is 23.4. The lowest BCUT2D eigenvalue weighted by Gasteiger charge is -2.26. The minimum Gasteiger partial charge on any atom is -0.404 e. The Morgan fingerprint density at radius 3 is 2.39 bits per heavy atom. The smallest absolute Gasteiger partial charge is 0.404 e. The summed E-state index contributed by atoms with van der Waals surface area (Å²) in [4.78, 5) is 50.9. The van der Waals surface area contributed by atoms with Crippen LogP contribution in [-0.4, -0.2) is 27.5 Å². The van der Waals surface area contributed by atoms with Crippen molar-refractivity contribution in [1.82, 2.24) is 4.90 Å². The average molecular weight is 490 g/mol. The second-order valence-electron chi connectivity index (χ2n) is 8.37. The number of hydrogen-bond donors (Lipinski definition) is 1. The number of imide groups is 1. The molecule has 1 N–H and O–H groups in total. The lowest BCUT2D eigenvalue weighted by molar-refractivity contribution is -0.402. The van der Waals surface area contributed by atoms with E-state index in [1.165, 1.54) is 18.2 Å². The number of fused-ring (bicyclic) bond motifs is 5. The second kappa shape index (κ2) is 8.00. The molecule has 3 aliphatic rings.